The summed E-state index contributed by atoms with van der Waals surface area (Å²) >= 11 is 0. The number of anilines is 1. The zero-order chi connectivity index (χ0) is 14.0. The summed E-state index contributed by atoms with van der Waals surface area (Å²) in [6, 6.07) is 6.18. The minimum atomic E-state index is -0.473. The summed E-state index contributed by atoms with van der Waals surface area (Å²) < 4.78 is 5.57. The van der Waals surface area contributed by atoms with Gasteiger partial charge in [0.1, 0.15) is 5.75 Å². The summed E-state index contributed by atoms with van der Waals surface area (Å²) in [5, 5.41) is 10.7. The fraction of sp³-hybridized carbons (Fsp3) is 0.154. The van der Waals surface area contributed by atoms with Crippen LogP contribution in [0.5, 0.6) is 11.6 Å². The molecule has 0 fully saturated rings. The molecule has 6 nitrogen and oxygen atoms in total. The first-order valence-electron chi connectivity index (χ1n) is 5.63. The first kappa shape index (κ1) is 12.8. The number of rotatable bonds is 3. The molecule has 2 N–H and O–H groups in total. The Bertz CT molecular complexity index is 641. The maximum atomic E-state index is 10.7. The van der Waals surface area contributed by atoms with Crippen LogP contribution in [-0.4, -0.2) is 9.91 Å². The van der Waals surface area contributed by atoms with E-state index in [0.29, 0.717) is 11.4 Å². The van der Waals surface area contributed by atoms with E-state index in [1.807, 2.05) is 6.92 Å². The molecule has 0 spiro atoms. The van der Waals surface area contributed by atoms with E-state index in [9.17, 15) is 10.1 Å². The zero-order valence-electron chi connectivity index (χ0n) is 10.6. The van der Waals surface area contributed by atoms with Crippen LogP contribution in [0.2, 0.25) is 0 Å². The maximum Gasteiger partial charge on any atom is 0.273 e. The summed E-state index contributed by atoms with van der Waals surface area (Å²) in [6.45, 7) is 3.63. The molecule has 1 heterocycles. The predicted molar refractivity (Wildman–Crippen MR) is 71.3 cm³/mol. The second-order valence-corrected chi connectivity index (χ2v) is 4.16. The number of aromatic nitrogens is 1. The van der Waals surface area contributed by atoms with Crippen molar-refractivity contribution < 1.29 is 9.66 Å². The van der Waals surface area contributed by atoms with Crippen molar-refractivity contribution in [1.82, 2.24) is 4.98 Å². The van der Waals surface area contributed by atoms with Crippen molar-refractivity contribution in [3.63, 3.8) is 0 Å². The van der Waals surface area contributed by atoms with Crippen LogP contribution in [0.25, 0.3) is 0 Å². The third kappa shape index (κ3) is 2.62. The molecule has 6 heteroatoms. The van der Waals surface area contributed by atoms with Gasteiger partial charge >= 0.3 is 0 Å². The number of nitro benzene ring substituents is 1. The highest BCUT2D eigenvalue weighted by Crippen LogP contribution is 2.31. The van der Waals surface area contributed by atoms with Gasteiger partial charge in [-0.15, -0.1) is 0 Å². The van der Waals surface area contributed by atoms with Crippen molar-refractivity contribution >= 4 is 11.4 Å². The highest BCUT2D eigenvalue weighted by atomic mass is 16.6. The van der Waals surface area contributed by atoms with Gasteiger partial charge in [-0.25, -0.2) is 4.98 Å². The Morgan fingerprint density at radius 3 is 2.68 bits per heavy atom. The van der Waals surface area contributed by atoms with Crippen molar-refractivity contribution in [2.24, 2.45) is 0 Å². The molecular formula is C13H13N3O3. The van der Waals surface area contributed by atoms with E-state index in [1.54, 1.807) is 25.3 Å². The molecule has 0 aliphatic carbocycles. The molecule has 2 aromatic rings. The van der Waals surface area contributed by atoms with Crippen molar-refractivity contribution in [1.29, 1.82) is 0 Å². The Balaban J connectivity index is 2.40. The van der Waals surface area contributed by atoms with Crippen LogP contribution in [0.4, 0.5) is 11.4 Å². The third-order valence-corrected chi connectivity index (χ3v) is 2.76. The van der Waals surface area contributed by atoms with E-state index >= 15 is 0 Å². The molecule has 0 bridgehead atoms. The molecule has 0 amide bonds. The predicted octanol–water partition coefficient (Wildman–Crippen LogP) is 2.98. The number of hydrogen-bond acceptors (Lipinski definition) is 5. The molecule has 0 unspecified atom stereocenters. The zero-order valence-corrected chi connectivity index (χ0v) is 10.6. The van der Waals surface area contributed by atoms with Gasteiger partial charge in [0.2, 0.25) is 5.88 Å². The Hall–Kier alpha value is -2.63. The Morgan fingerprint density at radius 2 is 2.00 bits per heavy atom. The molecule has 0 aliphatic heterocycles. The van der Waals surface area contributed by atoms with Crippen molar-refractivity contribution in [2.75, 3.05) is 5.73 Å². The largest absolute Gasteiger partial charge is 0.437 e. The van der Waals surface area contributed by atoms with Gasteiger partial charge in [0, 0.05) is 12.3 Å². The molecule has 0 radical (unpaired) electrons. The normalized spacial score (nSPS) is 10.2. The maximum absolute atomic E-state index is 10.7. The van der Waals surface area contributed by atoms with Crippen LogP contribution in [0, 0.1) is 24.0 Å². The topological polar surface area (TPSA) is 91.3 Å². The van der Waals surface area contributed by atoms with Gasteiger partial charge in [0.25, 0.3) is 5.69 Å². The van der Waals surface area contributed by atoms with Gasteiger partial charge in [-0.1, -0.05) is 0 Å². The van der Waals surface area contributed by atoms with Gasteiger partial charge < -0.3 is 10.5 Å². The van der Waals surface area contributed by atoms with Crippen LogP contribution < -0.4 is 10.5 Å². The lowest BCUT2D eigenvalue weighted by atomic mass is 10.2. The number of pyridine rings is 1. The van der Waals surface area contributed by atoms with E-state index < -0.39 is 4.92 Å². The SMILES string of the molecule is Cc1ccc([N+](=O)[O-])cc1Oc1nccc(C)c1N. The minimum absolute atomic E-state index is 0.0353. The molecular weight excluding hydrogens is 246 g/mol. The van der Waals surface area contributed by atoms with Crippen molar-refractivity contribution in [3.05, 3.63) is 51.7 Å². The van der Waals surface area contributed by atoms with Crippen molar-refractivity contribution in [2.45, 2.75) is 13.8 Å². The molecule has 0 saturated carbocycles. The first-order valence-corrected chi connectivity index (χ1v) is 5.63. The Morgan fingerprint density at radius 1 is 1.26 bits per heavy atom. The van der Waals surface area contributed by atoms with E-state index in [4.69, 9.17) is 10.5 Å². The summed E-state index contributed by atoms with van der Waals surface area (Å²) in [7, 11) is 0. The van der Waals surface area contributed by atoms with E-state index in [-0.39, 0.29) is 11.6 Å². The van der Waals surface area contributed by atoms with Crippen molar-refractivity contribution in [3.8, 4) is 11.6 Å². The number of nitrogens with two attached hydrogens (primary N) is 1. The molecule has 1 aromatic heterocycles. The monoisotopic (exact) mass is 259 g/mol. The average Bonchev–Trinajstić information content (AvgIpc) is 2.37. The number of hydrogen-bond donors (Lipinski definition) is 1. The molecule has 0 saturated heterocycles. The van der Waals surface area contributed by atoms with E-state index in [1.165, 1.54) is 12.1 Å². The number of nitro groups is 1. The lowest BCUT2D eigenvalue weighted by Gasteiger charge is -2.10. The number of ether oxygens (including phenoxy) is 1. The second kappa shape index (κ2) is 4.93. The first-order chi connectivity index (χ1) is 8.99. The highest BCUT2D eigenvalue weighted by molar-refractivity contribution is 5.56. The van der Waals surface area contributed by atoms with Crippen LogP contribution in [0.15, 0.2) is 30.5 Å². The number of nitrogens with zero attached hydrogens (tertiary/aromatic N) is 2. The lowest BCUT2D eigenvalue weighted by molar-refractivity contribution is -0.384. The highest BCUT2D eigenvalue weighted by Gasteiger charge is 2.12. The van der Waals surface area contributed by atoms with Gasteiger partial charge in [0.15, 0.2) is 0 Å². The number of non-ortho nitro benzene ring substituents is 1. The average molecular weight is 259 g/mol. The molecule has 0 aliphatic rings. The van der Waals surface area contributed by atoms with E-state index in [2.05, 4.69) is 4.98 Å². The summed E-state index contributed by atoms with van der Waals surface area (Å²) in [6.07, 6.45) is 1.58. The Labute approximate surface area is 110 Å². The quantitative estimate of drug-likeness (QED) is 0.675. The third-order valence-electron chi connectivity index (χ3n) is 2.76. The van der Waals surface area contributed by atoms with E-state index in [0.717, 1.165) is 11.1 Å². The lowest BCUT2D eigenvalue weighted by Crippen LogP contribution is -1.98. The molecule has 2 rings (SSSR count). The smallest absolute Gasteiger partial charge is 0.273 e. The van der Waals surface area contributed by atoms with Gasteiger partial charge in [-0.2, -0.15) is 0 Å². The molecule has 0 atom stereocenters. The summed E-state index contributed by atoms with van der Waals surface area (Å²) in [5.41, 5.74) is 7.86. The number of nitrogen functional groups attached to an aromatic ring is 1. The van der Waals surface area contributed by atoms with Crippen LogP contribution in [-0.2, 0) is 0 Å². The van der Waals surface area contributed by atoms with Gasteiger partial charge in [-0.05, 0) is 37.1 Å². The van der Waals surface area contributed by atoms with Gasteiger partial charge in [-0.3, -0.25) is 10.1 Å². The molecule has 1 aromatic carbocycles. The van der Waals surface area contributed by atoms with Crippen LogP contribution in [0.3, 0.4) is 0 Å². The van der Waals surface area contributed by atoms with Gasteiger partial charge in [0.05, 0.1) is 16.7 Å². The standard InChI is InChI=1S/C13H13N3O3/c1-8-3-4-10(16(17)18)7-11(8)19-13-12(14)9(2)5-6-15-13/h3-7H,14H2,1-2H3. The Kier molecular flexibility index (Phi) is 3.33. The second-order valence-electron chi connectivity index (χ2n) is 4.16. The minimum Gasteiger partial charge on any atom is -0.437 e. The number of aryl methyl sites for hydroxylation is 2. The fourth-order valence-electron chi connectivity index (χ4n) is 1.54. The summed E-state index contributed by atoms with van der Waals surface area (Å²) in [5.74, 6) is 0.627. The fourth-order valence-corrected chi connectivity index (χ4v) is 1.54. The van der Waals surface area contributed by atoms with Crippen LogP contribution >= 0.6 is 0 Å². The molecule has 19 heavy (non-hydrogen) atoms. The number of benzene rings is 1. The summed E-state index contributed by atoms with van der Waals surface area (Å²) in [4.78, 5) is 14.3. The van der Waals surface area contributed by atoms with Crippen LogP contribution in [0.1, 0.15) is 11.1 Å². The molecule has 98 valence electrons.